The number of fused-ring (bicyclic) bond motifs is 1. The standard InChI is InChI=1S/C15H18N2O2/c18-15(5-6-17-7-9-19-10-8-17)14-11-12-3-1-2-4-13(12)16-14/h1-4,11,16H,5-10H2. The molecule has 3 rings (SSSR count). The molecule has 1 aromatic carbocycles. The summed E-state index contributed by atoms with van der Waals surface area (Å²) in [6.07, 6.45) is 0.562. The molecule has 100 valence electrons. The Morgan fingerprint density at radius 1 is 1.26 bits per heavy atom. The lowest BCUT2D eigenvalue weighted by molar-refractivity contribution is 0.0370. The van der Waals surface area contributed by atoms with E-state index < -0.39 is 0 Å². The van der Waals surface area contributed by atoms with Crippen molar-refractivity contribution in [3.05, 3.63) is 36.0 Å². The summed E-state index contributed by atoms with van der Waals surface area (Å²) in [5.41, 5.74) is 1.74. The molecule has 0 radical (unpaired) electrons. The number of H-pyrrole nitrogens is 1. The molecule has 1 fully saturated rings. The highest BCUT2D eigenvalue weighted by Gasteiger charge is 2.14. The van der Waals surface area contributed by atoms with Gasteiger partial charge in [0.25, 0.3) is 0 Å². The van der Waals surface area contributed by atoms with Gasteiger partial charge in [-0.3, -0.25) is 9.69 Å². The molecule has 0 spiro atoms. The fourth-order valence-corrected chi connectivity index (χ4v) is 2.44. The summed E-state index contributed by atoms with van der Waals surface area (Å²) < 4.78 is 5.30. The number of ether oxygens (including phenoxy) is 1. The maximum atomic E-state index is 12.2. The predicted molar refractivity (Wildman–Crippen MR) is 74.5 cm³/mol. The maximum Gasteiger partial charge on any atom is 0.180 e. The van der Waals surface area contributed by atoms with Gasteiger partial charge >= 0.3 is 0 Å². The molecule has 0 aliphatic carbocycles. The van der Waals surface area contributed by atoms with Crippen LogP contribution < -0.4 is 0 Å². The molecule has 1 N–H and O–H groups in total. The number of rotatable bonds is 4. The smallest absolute Gasteiger partial charge is 0.180 e. The number of ketones is 1. The molecule has 0 amide bonds. The number of nitrogens with one attached hydrogen (secondary N) is 1. The topological polar surface area (TPSA) is 45.3 Å². The number of nitrogens with zero attached hydrogens (tertiary/aromatic N) is 1. The third-order valence-electron chi connectivity index (χ3n) is 3.59. The Bertz CT molecular complexity index is 537. The summed E-state index contributed by atoms with van der Waals surface area (Å²) >= 11 is 0. The molecule has 1 aliphatic heterocycles. The van der Waals surface area contributed by atoms with E-state index in [0.29, 0.717) is 6.42 Å². The van der Waals surface area contributed by atoms with Crippen LogP contribution in [0.5, 0.6) is 0 Å². The number of Topliss-reactive ketones (excluding diaryl/α,β-unsaturated/α-hetero) is 1. The molecule has 1 aromatic heterocycles. The molecule has 0 unspecified atom stereocenters. The maximum absolute atomic E-state index is 12.2. The summed E-state index contributed by atoms with van der Waals surface area (Å²) in [5, 5.41) is 1.09. The number of aromatic nitrogens is 1. The molecule has 19 heavy (non-hydrogen) atoms. The van der Waals surface area contributed by atoms with Gasteiger partial charge < -0.3 is 9.72 Å². The fourth-order valence-electron chi connectivity index (χ4n) is 2.44. The van der Waals surface area contributed by atoms with Gasteiger partial charge in [0, 0.05) is 37.0 Å². The first-order chi connectivity index (χ1) is 9.33. The quantitative estimate of drug-likeness (QED) is 0.854. The number of carbonyl (C=O) groups is 1. The van der Waals surface area contributed by atoms with Crippen molar-refractivity contribution in [1.29, 1.82) is 0 Å². The second kappa shape index (κ2) is 5.55. The molecule has 0 saturated carbocycles. The summed E-state index contributed by atoms with van der Waals surface area (Å²) in [6, 6.07) is 9.91. The average Bonchev–Trinajstić information content (AvgIpc) is 2.90. The zero-order chi connectivity index (χ0) is 13.1. The zero-order valence-corrected chi connectivity index (χ0v) is 10.9. The van der Waals surface area contributed by atoms with Crippen LogP contribution in [0.1, 0.15) is 16.9 Å². The Hall–Kier alpha value is -1.65. The van der Waals surface area contributed by atoms with E-state index in [1.54, 1.807) is 0 Å². The van der Waals surface area contributed by atoms with Crippen molar-refractivity contribution in [2.75, 3.05) is 32.8 Å². The van der Waals surface area contributed by atoms with Crippen molar-refractivity contribution in [2.24, 2.45) is 0 Å². The van der Waals surface area contributed by atoms with Crippen LogP contribution in [-0.2, 0) is 4.74 Å². The monoisotopic (exact) mass is 258 g/mol. The van der Waals surface area contributed by atoms with Crippen LogP contribution >= 0.6 is 0 Å². The highest BCUT2D eigenvalue weighted by molar-refractivity contribution is 5.99. The van der Waals surface area contributed by atoms with Gasteiger partial charge in [-0.25, -0.2) is 0 Å². The van der Waals surface area contributed by atoms with E-state index in [4.69, 9.17) is 4.74 Å². The lowest BCUT2D eigenvalue weighted by atomic mass is 10.2. The Labute approximate surface area is 112 Å². The Morgan fingerprint density at radius 2 is 2.05 bits per heavy atom. The minimum atomic E-state index is 0.183. The Balaban J connectivity index is 1.63. The lowest BCUT2D eigenvalue weighted by Gasteiger charge is -2.26. The van der Waals surface area contributed by atoms with Crippen molar-refractivity contribution >= 4 is 16.7 Å². The van der Waals surface area contributed by atoms with Crippen molar-refractivity contribution in [2.45, 2.75) is 6.42 Å². The molecule has 2 aromatic rings. The van der Waals surface area contributed by atoms with Crippen molar-refractivity contribution in [3.8, 4) is 0 Å². The molecule has 0 bridgehead atoms. The first kappa shape index (κ1) is 12.4. The van der Waals surface area contributed by atoms with E-state index in [-0.39, 0.29) is 5.78 Å². The van der Waals surface area contributed by atoms with Gasteiger partial charge in [-0.05, 0) is 12.1 Å². The molecule has 4 heteroatoms. The number of morpholine rings is 1. The molecular weight excluding hydrogens is 240 g/mol. The van der Waals surface area contributed by atoms with Crippen LogP contribution in [0, 0.1) is 0 Å². The number of hydrogen-bond acceptors (Lipinski definition) is 3. The fraction of sp³-hybridized carbons (Fsp3) is 0.400. The highest BCUT2D eigenvalue weighted by Crippen LogP contribution is 2.16. The Kier molecular flexibility index (Phi) is 3.62. The second-order valence-corrected chi connectivity index (χ2v) is 4.90. The van der Waals surface area contributed by atoms with Crippen LogP contribution in [-0.4, -0.2) is 48.5 Å². The summed E-state index contributed by atoms with van der Waals surface area (Å²) in [4.78, 5) is 17.6. The summed E-state index contributed by atoms with van der Waals surface area (Å²) in [6.45, 7) is 4.23. The van der Waals surface area contributed by atoms with E-state index in [9.17, 15) is 4.79 Å². The SMILES string of the molecule is O=C(CCN1CCOCC1)c1cc2ccccc2[nH]1. The second-order valence-electron chi connectivity index (χ2n) is 4.90. The summed E-state index contributed by atoms with van der Waals surface area (Å²) in [7, 11) is 0. The minimum Gasteiger partial charge on any atom is -0.379 e. The van der Waals surface area contributed by atoms with Crippen LogP contribution in [0.15, 0.2) is 30.3 Å². The number of hydrogen-bond donors (Lipinski definition) is 1. The Morgan fingerprint density at radius 3 is 2.84 bits per heavy atom. The zero-order valence-electron chi connectivity index (χ0n) is 10.9. The van der Waals surface area contributed by atoms with Crippen molar-refractivity contribution in [1.82, 2.24) is 9.88 Å². The molecule has 2 heterocycles. The van der Waals surface area contributed by atoms with Crippen molar-refractivity contribution < 1.29 is 9.53 Å². The number of aromatic amines is 1. The molecular formula is C15H18N2O2. The first-order valence-corrected chi connectivity index (χ1v) is 6.74. The van der Waals surface area contributed by atoms with Crippen LogP contribution in [0.2, 0.25) is 0 Å². The van der Waals surface area contributed by atoms with Gasteiger partial charge in [0.1, 0.15) is 0 Å². The number of benzene rings is 1. The van der Waals surface area contributed by atoms with E-state index in [0.717, 1.165) is 49.4 Å². The predicted octanol–water partition coefficient (Wildman–Crippen LogP) is 2.07. The van der Waals surface area contributed by atoms with Gasteiger partial charge in [-0.15, -0.1) is 0 Å². The van der Waals surface area contributed by atoms with E-state index in [1.807, 2.05) is 30.3 Å². The van der Waals surface area contributed by atoms with E-state index in [2.05, 4.69) is 9.88 Å². The van der Waals surface area contributed by atoms with Gasteiger partial charge in [0.05, 0.1) is 18.9 Å². The van der Waals surface area contributed by atoms with Gasteiger partial charge in [0.2, 0.25) is 0 Å². The largest absolute Gasteiger partial charge is 0.379 e. The average molecular weight is 258 g/mol. The van der Waals surface area contributed by atoms with Crippen LogP contribution in [0.4, 0.5) is 0 Å². The normalized spacial score (nSPS) is 16.8. The lowest BCUT2D eigenvalue weighted by Crippen LogP contribution is -2.37. The third kappa shape index (κ3) is 2.85. The van der Waals surface area contributed by atoms with Crippen LogP contribution in [0.25, 0.3) is 10.9 Å². The molecule has 1 aliphatic rings. The third-order valence-corrected chi connectivity index (χ3v) is 3.59. The van der Waals surface area contributed by atoms with Crippen molar-refractivity contribution in [3.63, 3.8) is 0 Å². The number of carbonyl (C=O) groups excluding carboxylic acids is 1. The highest BCUT2D eigenvalue weighted by atomic mass is 16.5. The first-order valence-electron chi connectivity index (χ1n) is 6.74. The molecule has 1 saturated heterocycles. The van der Waals surface area contributed by atoms with Crippen LogP contribution in [0.3, 0.4) is 0 Å². The van der Waals surface area contributed by atoms with Gasteiger partial charge in [0.15, 0.2) is 5.78 Å². The number of para-hydroxylation sites is 1. The molecule has 0 atom stereocenters. The van der Waals surface area contributed by atoms with Gasteiger partial charge in [-0.1, -0.05) is 18.2 Å². The minimum absolute atomic E-state index is 0.183. The van der Waals surface area contributed by atoms with E-state index in [1.165, 1.54) is 0 Å². The summed E-state index contributed by atoms with van der Waals surface area (Å²) in [5.74, 6) is 0.183. The molecule has 4 nitrogen and oxygen atoms in total. The van der Waals surface area contributed by atoms with E-state index >= 15 is 0 Å². The van der Waals surface area contributed by atoms with Gasteiger partial charge in [-0.2, -0.15) is 0 Å².